The summed E-state index contributed by atoms with van der Waals surface area (Å²) in [6, 6.07) is 2.72. The molecular weight excluding hydrogens is 218 g/mol. The zero-order valence-corrected chi connectivity index (χ0v) is 12.5. The van der Waals surface area contributed by atoms with Crippen LogP contribution < -0.4 is 0 Å². The lowest BCUT2D eigenvalue weighted by Crippen LogP contribution is -2.31. The lowest BCUT2D eigenvalue weighted by atomic mass is 9.64. The van der Waals surface area contributed by atoms with E-state index in [-0.39, 0.29) is 5.41 Å². The third-order valence-electron chi connectivity index (χ3n) is 4.90. The average molecular weight is 249 g/mol. The molecule has 1 atom stereocenters. The summed E-state index contributed by atoms with van der Waals surface area (Å²) in [7, 11) is 0. The first-order chi connectivity index (χ1) is 8.79. The minimum absolute atomic E-state index is 0.0394. The smallest absolute Gasteiger partial charge is 0.0692 e. The van der Waals surface area contributed by atoms with Crippen molar-refractivity contribution >= 4 is 0 Å². The number of nitriles is 1. The van der Waals surface area contributed by atoms with Gasteiger partial charge in [0.2, 0.25) is 0 Å². The highest BCUT2D eigenvalue weighted by molar-refractivity contribution is 5.04. The van der Waals surface area contributed by atoms with E-state index in [1.807, 2.05) is 0 Å². The number of hydrogen-bond donors (Lipinski definition) is 0. The molecule has 0 amide bonds. The molecule has 0 aromatic rings. The lowest BCUT2D eigenvalue weighted by Gasteiger charge is -2.38. The number of rotatable bonds is 8. The molecule has 0 aromatic carbocycles. The monoisotopic (exact) mass is 249 g/mol. The van der Waals surface area contributed by atoms with E-state index in [9.17, 15) is 5.26 Å². The standard InChI is InChI=1S/C17H31N/c1-3-5-6-7-9-12-16(4-2)17(15-18)13-10-8-11-14-17/h16H,3-14H2,1-2H3. The van der Waals surface area contributed by atoms with Gasteiger partial charge in [0, 0.05) is 0 Å². The first kappa shape index (κ1) is 15.5. The third-order valence-corrected chi connectivity index (χ3v) is 4.90. The molecule has 104 valence electrons. The highest BCUT2D eigenvalue weighted by Crippen LogP contribution is 2.45. The van der Waals surface area contributed by atoms with Crippen molar-refractivity contribution in [3.05, 3.63) is 0 Å². The van der Waals surface area contributed by atoms with Gasteiger partial charge < -0.3 is 0 Å². The fourth-order valence-corrected chi connectivity index (χ4v) is 3.66. The Kier molecular flexibility index (Phi) is 7.40. The Bertz CT molecular complexity index is 245. The maximum absolute atomic E-state index is 9.63. The van der Waals surface area contributed by atoms with E-state index in [1.165, 1.54) is 64.2 Å². The van der Waals surface area contributed by atoms with Crippen molar-refractivity contribution < 1.29 is 0 Å². The number of unbranched alkanes of at least 4 members (excludes halogenated alkanes) is 4. The largest absolute Gasteiger partial charge is 0.198 e. The average Bonchev–Trinajstić information content (AvgIpc) is 2.43. The van der Waals surface area contributed by atoms with Crippen molar-refractivity contribution in [1.82, 2.24) is 0 Å². The van der Waals surface area contributed by atoms with Gasteiger partial charge in [0.1, 0.15) is 0 Å². The van der Waals surface area contributed by atoms with Crippen LogP contribution in [-0.2, 0) is 0 Å². The number of hydrogen-bond acceptors (Lipinski definition) is 1. The van der Waals surface area contributed by atoms with Crippen LogP contribution in [0.3, 0.4) is 0 Å². The quantitative estimate of drug-likeness (QED) is 0.495. The maximum Gasteiger partial charge on any atom is 0.0692 e. The van der Waals surface area contributed by atoms with Crippen LogP contribution in [0.4, 0.5) is 0 Å². The second-order valence-electron chi connectivity index (χ2n) is 6.14. The molecule has 1 aliphatic carbocycles. The van der Waals surface area contributed by atoms with Crippen LogP contribution in [0.25, 0.3) is 0 Å². The lowest BCUT2D eigenvalue weighted by molar-refractivity contribution is 0.147. The fourth-order valence-electron chi connectivity index (χ4n) is 3.66. The molecule has 1 nitrogen and oxygen atoms in total. The second kappa shape index (κ2) is 8.57. The Hall–Kier alpha value is -0.510. The van der Waals surface area contributed by atoms with Crippen molar-refractivity contribution in [2.24, 2.45) is 11.3 Å². The second-order valence-corrected chi connectivity index (χ2v) is 6.14. The Morgan fingerprint density at radius 2 is 1.67 bits per heavy atom. The minimum atomic E-state index is 0.0394. The Morgan fingerprint density at radius 3 is 2.22 bits per heavy atom. The first-order valence-corrected chi connectivity index (χ1v) is 8.20. The van der Waals surface area contributed by atoms with Crippen LogP contribution in [0.2, 0.25) is 0 Å². The Balaban J connectivity index is 2.40. The molecule has 1 aliphatic rings. The number of nitrogens with zero attached hydrogens (tertiary/aromatic N) is 1. The summed E-state index contributed by atoms with van der Waals surface area (Å²) in [5, 5.41) is 9.63. The van der Waals surface area contributed by atoms with Crippen molar-refractivity contribution in [3.8, 4) is 6.07 Å². The van der Waals surface area contributed by atoms with Crippen molar-refractivity contribution in [1.29, 1.82) is 5.26 Å². The van der Waals surface area contributed by atoms with Gasteiger partial charge in [-0.3, -0.25) is 0 Å². The van der Waals surface area contributed by atoms with Crippen molar-refractivity contribution in [2.75, 3.05) is 0 Å². The maximum atomic E-state index is 9.63. The molecule has 0 aliphatic heterocycles. The van der Waals surface area contributed by atoms with E-state index >= 15 is 0 Å². The molecular formula is C17H31N. The van der Waals surface area contributed by atoms with Gasteiger partial charge in [0.25, 0.3) is 0 Å². The summed E-state index contributed by atoms with van der Waals surface area (Å²) in [5.74, 6) is 0.657. The highest BCUT2D eigenvalue weighted by Gasteiger charge is 2.38. The molecule has 18 heavy (non-hydrogen) atoms. The predicted octanol–water partition coefficient (Wildman–Crippen LogP) is 5.85. The highest BCUT2D eigenvalue weighted by atomic mass is 14.4. The van der Waals surface area contributed by atoms with Crippen LogP contribution in [-0.4, -0.2) is 0 Å². The third kappa shape index (κ3) is 4.30. The molecule has 0 aromatic heterocycles. The zero-order chi connectivity index (χ0) is 13.3. The van der Waals surface area contributed by atoms with E-state index in [0.717, 1.165) is 12.8 Å². The van der Waals surface area contributed by atoms with Crippen LogP contribution in [0.5, 0.6) is 0 Å². The van der Waals surface area contributed by atoms with Gasteiger partial charge in [-0.05, 0) is 25.2 Å². The molecule has 1 rings (SSSR count). The topological polar surface area (TPSA) is 23.8 Å². The molecule has 0 saturated heterocycles. The van der Waals surface area contributed by atoms with Crippen LogP contribution in [0.15, 0.2) is 0 Å². The summed E-state index contributed by atoms with van der Waals surface area (Å²) in [5.41, 5.74) is 0.0394. The van der Waals surface area contributed by atoms with Crippen LogP contribution >= 0.6 is 0 Å². The molecule has 0 heterocycles. The van der Waals surface area contributed by atoms with E-state index in [1.54, 1.807) is 0 Å². The van der Waals surface area contributed by atoms with Gasteiger partial charge in [0.15, 0.2) is 0 Å². The van der Waals surface area contributed by atoms with E-state index in [2.05, 4.69) is 19.9 Å². The fraction of sp³-hybridized carbons (Fsp3) is 0.941. The van der Waals surface area contributed by atoms with Gasteiger partial charge >= 0.3 is 0 Å². The first-order valence-electron chi connectivity index (χ1n) is 8.20. The van der Waals surface area contributed by atoms with E-state index in [0.29, 0.717) is 5.92 Å². The summed E-state index contributed by atoms with van der Waals surface area (Å²) in [4.78, 5) is 0. The molecule has 0 bridgehead atoms. The molecule has 0 N–H and O–H groups in total. The predicted molar refractivity (Wildman–Crippen MR) is 78.3 cm³/mol. The summed E-state index contributed by atoms with van der Waals surface area (Å²) in [6.07, 6.45) is 15.5. The Labute approximate surface area is 114 Å². The molecule has 1 heteroatoms. The SMILES string of the molecule is CCCCCCCC(CC)C1(C#N)CCCCC1. The molecule has 0 spiro atoms. The summed E-state index contributed by atoms with van der Waals surface area (Å²) < 4.78 is 0. The van der Waals surface area contributed by atoms with Gasteiger partial charge in [-0.2, -0.15) is 5.26 Å². The normalized spacial score (nSPS) is 20.3. The summed E-state index contributed by atoms with van der Waals surface area (Å²) in [6.45, 7) is 4.55. The van der Waals surface area contributed by atoms with Crippen LogP contribution in [0, 0.1) is 22.7 Å². The van der Waals surface area contributed by atoms with E-state index in [4.69, 9.17) is 0 Å². The van der Waals surface area contributed by atoms with Gasteiger partial charge in [-0.1, -0.05) is 71.6 Å². The van der Waals surface area contributed by atoms with E-state index < -0.39 is 0 Å². The molecule has 1 saturated carbocycles. The molecule has 1 fully saturated rings. The minimum Gasteiger partial charge on any atom is -0.198 e. The van der Waals surface area contributed by atoms with Gasteiger partial charge in [-0.25, -0.2) is 0 Å². The van der Waals surface area contributed by atoms with Gasteiger partial charge in [-0.15, -0.1) is 0 Å². The van der Waals surface area contributed by atoms with Gasteiger partial charge in [0.05, 0.1) is 11.5 Å². The summed E-state index contributed by atoms with van der Waals surface area (Å²) >= 11 is 0. The van der Waals surface area contributed by atoms with Crippen molar-refractivity contribution in [3.63, 3.8) is 0 Å². The van der Waals surface area contributed by atoms with Crippen LogP contribution in [0.1, 0.15) is 90.9 Å². The van der Waals surface area contributed by atoms with Crippen molar-refractivity contribution in [2.45, 2.75) is 90.9 Å². The molecule has 0 radical (unpaired) electrons. The molecule has 1 unspecified atom stereocenters. The Morgan fingerprint density at radius 1 is 1.00 bits per heavy atom. The zero-order valence-electron chi connectivity index (χ0n) is 12.5.